The van der Waals surface area contributed by atoms with Crippen LogP contribution in [0.2, 0.25) is 0 Å². The third-order valence-corrected chi connectivity index (χ3v) is 4.70. The number of rotatable bonds is 2. The predicted octanol–water partition coefficient (Wildman–Crippen LogP) is 4.80. The molecule has 1 aromatic carbocycles. The van der Waals surface area contributed by atoms with E-state index in [1.807, 2.05) is 19.1 Å². The second kappa shape index (κ2) is 5.11. The number of nitrogens with zero attached hydrogens (tertiary/aromatic N) is 2. The summed E-state index contributed by atoms with van der Waals surface area (Å²) in [6.07, 6.45) is 0. The number of aromatic hydroxyl groups is 1. The van der Waals surface area contributed by atoms with Gasteiger partial charge in [-0.1, -0.05) is 19.9 Å². The van der Waals surface area contributed by atoms with Crippen LogP contribution in [0.25, 0.3) is 21.6 Å². The van der Waals surface area contributed by atoms with Gasteiger partial charge in [-0.2, -0.15) is 0 Å². The van der Waals surface area contributed by atoms with Crippen molar-refractivity contribution in [3.63, 3.8) is 0 Å². The molecule has 0 fully saturated rings. The van der Waals surface area contributed by atoms with E-state index in [2.05, 4.69) is 31.1 Å². The fourth-order valence-corrected chi connectivity index (χ4v) is 3.23. The molecule has 0 saturated heterocycles. The van der Waals surface area contributed by atoms with E-state index in [-0.39, 0.29) is 5.75 Å². The number of fused-ring (bicyclic) bond motifs is 1. The molecule has 0 aliphatic heterocycles. The van der Waals surface area contributed by atoms with E-state index < -0.39 is 0 Å². The molecule has 3 nitrogen and oxygen atoms in total. The molecule has 0 atom stereocenters. The number of pyridine rings is 1. The molecule has 0 radical (unpaired) electrons. The molecule has 0 saturated carbocycles. The van der Waals surface area contributed by atoms with Gasteiger partial charge in [0.25, 0.3) is 0 Å². The first-order valence-electron chi connectivity index (χ1n) is 7.03. The summed E-state index contributed by atoms with van der Waals surface area (Å²) in [7, 11) is 0. The number of thiazole rings is 1. The van der Waals surface area contributed by atoms with Gasteiger partial charge >= 0.3 is 0 Å². The first-order valence-corrected chi connectivity index (χ1v) is 7.91. The normalized spacial score (nSPS) is 11.5. The zero-order valence-corrected chi connectivity index (χ0v) is 13.5. The van der Waals surface area contributed by atoms with Gasteiger partial charge < -0.3 is 5.11 Å². The summed E-state index contributed by atoms with van der Waals surface area (Å²) in [4.78, 5) is 9.35. The van der Waals surface area contributed by atoms with Crippen LogP contribution in [0.4, 0.5) is 0 Å². The SMILES string of the molecule is Cc1ccc2c(O)cc(-c3nc(C(C)C)cs3)nc2c1C. The molecule has 0 unspecified atom stereocenters. The van der Waals surface area contributed by atoms with Gasteiger partial charge in [0, 0.05) is 16.8 Å². The van der Waals surface area contributed by atoms with Crippen molar-refractivity contribution >= 4 is 22.2 Å². The summed E-state index contributed by atoms with van der Waals surface area (Å²) in [5.74, 6) is 0.660. The van der Waals surface area contributed by atoms with E-state index in [0.717, 1.165) is 32.9 Å². The largest absolute Gasteiger partial charge is 0.507 e. The fraction of sp³-hybridized carbons (Fsp3) is 0.294. The van der Waals surface area contributed by atoms with E-state index in [0.29, 0.717) is 5.92 Å². The van der Waals surface area contributed by atoms with Crippen LogP contribution in [0.3, 0.4) is 0 Å². The third-order valence-electron chi connectivity index (χ3n) is 3.82. The van der Waals surface area contributed by atoms with Gasteiger partial charge in [0.05, 0.1) is 11.2 Å². The van der Waals surface area contributed by atoms with E-state index >= 15 is 0 Å². The molecule has 4 heteroatoms. The Hall–Kier alpha value is -1.94. The first kappa shape index (κ1) is 14.0. The molecule has 0 spiro atoms. The molecule has 3 rings (SSSR count). The van der Waals surface area contributed by atoms with Crippen LogP contribution in [-0.2, 0) is 0 Å². The van der Waals surface area contributed by atoms with Gasteiger partial charge in [0.1, 0.15) is 16.5 Å². The zero-order valence-electron chi connectivity index (χ0n) is 12.6. The van der Waals surface area contributed by atoms with Crippen LogP contribution in [0.5, 0.6) is 5.75 Å². The van der Waals surface area contributed by atoms with Crippen LogP contribution in [0, 0.1) is 13.8 Å². The van der Waals surface area contributed by atoms with E-state index in [9.17, 15) is 5.11 Å². The molecule has 0 aliphatic carbocycles. The van der Waals surface area contributed by atoms with Gasteiger partial charge in [-0.05, 0) is 37.0 Å². The quantitative estimate of drug-likeness (QED) is 0.739. The molecule has 0 aliphatic rings. The highest BCUT2D eigenvalue weighted by atomic mass is 32.1. The lowest BCUT2D eigenvalue weighted by molar-refractivity contribution is 0.481. The molecule has 21 heavy (non-hydrogen) atoms. The molecule has 0 amide bonds. The lowest BCUT2D eigenvalue weighted by Gasteiger charge is -2.08. The summed E-state index contributed by atoms with van der Waals surface area (Å²) in [5.41, 5.74) is 4.94. The van der Waals surface area contributed by atoms with E-state index in [1.54, 1.807) is 17.4 Å². The molecule has 0 bridgehead atoms. The van der Waals surface area contributed by atoms with Crippen molar-refractivity contribution in [3.8, 4) is 16.5 Å². The topological polar surface area (TPSA) is 46.0 Å². The van der Waals surface area contributed by atoms with Crippen molar-refractivity contribution in [2.45, 2.75) is 33.6 Å². The molecule has 108 valence electrons. The number of aromatic nitrogens is 2. The van der Waals surface area contributed by atoms with Crippen molar-refractivity contribution in [2.24, 2.45) is 0 Å². The number of hydrogen-bond acceptors (Lipinski definition) is 4. The minimum absolute atomic E-state index is 0.263. The first-order chi connectivity index (χ1) is 9.97. The molecular formula is C17H18N2OS. The highest BCUT2D eigenvalue weighted by Gasteiger charge is 2.13. The Morgan fingerprint density at radius 2 is 1.90 bits per heavy atom. The van der Waals surface area contributed by atoms with Crippen molar-refractivity contribution in [2.75, 3.05) is 0 Å². The molecule has 3 aromatic rings. The van der Waals surface area contributed by atoms with Crippen molar-refractivity contribution in [1.29, 1.82) is 0 Å². The van der Waals surface area contributed by atoms with E-state index in [1.165, 1.54) is 5.56 Å². The summed E-state index contributed by atoms with van der Waals surface area (Å²) < 4.78 is 0. The van der Waals surface area contributed by atoms with Crippen LogP contribution < -0.4 is 0 Å². The van der Waals surface area contributed by atoms with Crippen LogP contribution in [0.15, 0.2) is 23.6 Å². The highest BCUT2D eigenvalue weighted by molar-refractivity contribution is 7.13. The van der Waals surface area contributed by atoms with Crippen molar-refractivity contribution < 1.29 is 5.11 Å². The van der Waals surface area contributed by atoms with E-state index in [4.69, 9.17) is 4.98 Å². The zero-order chi connectivity index (χ0) is 15.1. The second-order valence-corrected chi connectivity index (χ2v) is 6.52. The average molecular weight is 298 g/mol. The van der Waals surface area contributed by atoms with Crippen LogP contribution in [-0.4, -0.2) is 15.1 Å². The van der Waals surface area contributed by atoms with Gasteiger partial charge in [-0.3, -0.25) is 0 Å². The van der Waals surface area contributed by atoms with Gasteiger partial charge in [0.15, 0.2) is 0 Å². The monoisotopic (exact) mass is 298 g/mol. The Morgan fingerprint density at radius 1 is 1.14 bits per heavy atom. The Balaban J connectivity index is 2.21. The Labute approximate surface area is 128 Å². The summed E-state index contributed by atoms with van der Waals surface area (Å²) >= 11 is 1.57. The fourth-order valence-electron chi connectivity index (χ4n) is 2.29. The van der Waals surface area contributed by atoms with Gasteiger partial charge in [0.2, 0.25) is 0 Å². The average Bonchev–Trinajstić information content (AvgIpc) is 2.93. The number of benzene rings is 1. The van der Waals surface area contributed by atoms with Crippen LogP contribution >= 0.6 is 11.3 Å². The third kappa shape index (κ3) is 2.40. The molecule has 1 N–H and O–H groups in total. The lowest BCUT2D eigenvalue weighted by Crippen LogP contribution is -1.92. The maximum Gasteiger partial charge on any atom is 0.142 e. The Morgan fingerprint density at radius 3 is 2.57 bits per heavy atom. The molecule has 2 heterocycles. The minimum Gasteiger partial charge on any atom is -0.507 e. The van der Waals surface area contributed by atoms with Gasteiger partial charge in [-0.15, -0.1) is 11.3 Å². The predicted molar refractivity (Wildman–Crippen MR) is 88.1 cm³/mol. The Kier molecular flexibility index (Phi) is 3.41. The van der Waals surface area contributed by atoms with Crippen LogP contribution in [0.1, 0.15) is 36.6 Å². The maximum atomic E-state index is 10.3. The maximum absolute atomic E-state index is 10.3. The standard InChI is InChI=1S/C17H18N2OS/c1-9(2)14-8-21-17(19-14)13-7-15(20)12-6-5-10(3)11(4)16(12)18-13/h5-9H,1-4H3,(H,18,20). The smallest absolute Gasteiger partial charge is 0.142 e. The summed E-state index contributed by atoms with van der Waals surface area (Å²) in [6, 6.07) is 5.64. The number of aryl methyl sites for hydroxylation is 2. The van der Waals surface area contributed by atoms with Crippen molar-refractivity contribution in [3.05, 3.63) is 40.4 Å². The lowest BCUT2D eigenvalue weighted by atomic mass is 10.0. The minimum atomic E-state index is 0.263. The van der Waals surface area contributed by atoms with Crippen molar-refractivity contribution in [1.82, 2.24) is 9.97 Å². The second-order valence-electron chi connectivity index (χ2n) is 5.66. The molecular weight excluding hydrogens is 280 g/mol. The molecule has 2 aromatic heterocycles. The summed E-state index contributed by atoms with van der Waals surface area (Å²) in [5, 5.41) is 14.0. The number of hydrogen-bond donors (Lipinski definition) is 1. The Bertz CT molecular complexity index is 821. The van der Waals surface area contributed by atoms with Gasteiger partial charge in [-0.25, -0.2) is 9.97 Å². The summed E-state index contributed by atoms with van der Waals surface area (Å²) in [6.45, 7) is 8.34. The highest BCUT2D eigenvalue weighted by Crippen LogP contribution is 2.33.